The number of fused-ring (bicyclic) bond motifs is 6. The van der Waals surface area contributed by atoms with Crippen molar-refractivity contribution in [2.45, 2.75) is 0 Å². The predicted octanol–water partition coefficient (Wildman–Crippen LogP) is 12.9. The average molecular weight is 654 g/mol. The van der Waals surface area contributed by atoms with Crippen LogP contribution in [0.4, 0.5) is 0 Å². The van der Waals surface area contributed by atoms with Gasteiger partial charge in [-0.1, -0.05) is 133 Å². The van der Waals surface area contributed by atoms with Crippen LogP contribution in [0.25, 0.3) is 88.4 Å². The Labute approximate surface area is 314 Å². The third-order valence-electron chi connectivity index (χ3n) is 8.95. The van der Waals surface area contributed by atoms with Crippen molar-refractivity contribution >= 4 is 43.6 Å². The van der Waals surface area contributed by atoms with Gasteiger partial charge in [0.05, 0.1) is 45.4 Å². The summed E-state index contributed by atoms with van der Waals surface area (Å²) in [5.74, 6) is 0. The zero-order valence-corrected chi connectivity index (χ0v) is 26.1. The van der Waals surface area contributed by atoms with Gasteiger partial charge in [-0.3, -0.25) is 0 Å². The number of benzene rings is 8. The lowest BCUT2D eigenvalue weighted by Gasteiger charge is -2.11. The van der Waals surface area contributed by atoms with Gasteiger partial charge in [-0.15, -0.1) is 0 Å². The molecule has 0 amide bonds. The van der Waals surface area contributed by atoms with E-state index >= 15 is 0 Å². The first-order valence-corrected chi connectivity index (χ1v) is 15.8. The molecule has 50 heavy (non-hydrogen) atoms. The van der Waals surface area contributed by atoms with Crippen molar-refractivity contribution < 1.29 is 23.3 Å². The van der Waals surface area contributed by atoms with E-state index in [1.807, 2.05) is 54.6 Å². The van der Waals surface area contributed by atoms with E-state index < -0.39 is 107 Å². The minimum Gasteiger partial charge on any atom is -0.309 e. The third kappa shape index (κ3) is 4.57. The van der Waals surface area contributed by atoms with Gasteiger partial charge in [0.2, 0.25) is 0 Å². The summed E-state index contributed by atoms with van der Waals surface area (Å²) in [4.78, 5) is 0. The molecule has 10 aromatic rings. The Balaban J connectivity index is 1.24. The van der Waals surface area contributed by atoms with Crippen molar-refractivity contribution in [2.24, 2.45) is 0 Å². The minimum absolute atomic E-state index is 0.00163. The van der Waals surface area contributed by atoms with Crippen LogP contribution in [0.15, 0.2) is 194 Å². The fourth-order valence-corrected chi connectivity index (χ4v) is 6.68. The van der Waals surface area contributed by atoms with E-state index in [1.165, 1.54) is 4.57 Å². The summed E-state index contributed by atoms with van der Waals surface area (Å²) < 4.78 is 152. The van der Waals surface area contributed by atoms with Crippen molar-refractivity contribution in [3.05, 3.63) is 194 Å². The maximum Gasteiger partial charge on any atom is 0.0651 e. The summed E-state index contributed by atoms with van der Waals surface area (Å²) in [5.41, 5.74) is 3.09. The standard InChI is InChI=1S/C48H32N2/c1-3-12-33(13-4-1)35-22-26-39(27-23-35)49-45-20-9-7-18-41(45)43-31-37(24-28-47(43)49)38-25-29-48-44(32-38)42-19-8-10-21-46(42)50(48)40-17-11-16-36(30-40)34-14-5-2-6-15-34/h1-32H/i2D,5D,6D,7D,8D,9D,10D,11D,14D,15D,16D,17D,18D,19D,20D,21D,30D. The summed E-state index contributed by atoms with van der Waals surface area (Å²) in [6.07, 6.45) is 0. The second-order valence-corrected chi connectivity index (χ2v) is 11.7. The summed E-state index contributed by atoms with van der Waals surface area (Å²) in [7, 11) is 0. The van der Waals surface area contributed by atoms with Crippen molar-refractivity contribution in [1.29, 1.82) is 0 Å². The van der Waals surface area contributed by atoms with Gasteiger partial charge in [-0.25, -0.2) is 0 Å². The topological polar surface area (TPSA) is 9.86 Å². The highest BCUT2D eigenvalue weighted by atomic mass is 15.0. The van der Waals surface area contributed by atoms with E-state index in [4.69, 9.17) is 21.9 Å². The van der Waals surface area contributed by atoms with E-state index in [0.29, 0.717) is 27.7 Å². The largest absolute Gasteiger partial charge is 0.309 e. The molecule has 0 unspecified atom stereocenters. The van der Waals surface area contributed by atoms with Crippen molar-refractivity contribution in [2.75, 3.05) is 0 Å². The molecule has 0 aliphatic carbocycles. The molecule has 0 saturated heterocycles. The summed E-state index contributed by atoms with van der Waals surface area (Å²) >= 11 is 0. The van der Waals surface area contributed by atoms with Crippen molar-refractivity contribution in [3.8, 4) is 44.8 Å². The molecule has 0 bridgehead atoms. The third-order valence-corrected chi connectivity index (χ3v) is 8.95. The second-order valence-electron chi connectivity index (χ2n) is 11.7. The van der Waals surface area contributed by atoms with Gasteiger partial charge in [0, 0.05) is 32.9 Å². The monoisotopic (exact) mass is 653 g/mol. The van der Waals surface area contributed by atoms with E-state index in [2.05, 4.69) is 0 Å². The molecule has 0 fully saturated rings. The fourth-order valence-electron chi connectivity index (χ4n) is 6.68. The van der Waals surface area contributed by atoms with Gasteiger partial charge in [0.25, 0.3) is 0 Å². The lowest BCUT2D eigenvalue weighted by atomic mass is 10.0. The van der Waals surface area contributed by atoms with Crippen LogP contribution in [-0.4, -0.2) is 9.13 Å². The number of hydrogen-bond acceptors (Lipinski definition) is 0. The van der Waals surface area contributed by atoms with Crippen LogP contribution < -0.4 is 0 Å². The molecule has 0 radical (unpaired) electrons. The first-order chi connectivity index (χ1) is 31.9. The summed E-state index contributed by atoms with van der Waals surface area (Å²) in [6, 6.07) is 17.8. The lowest BCUT2D eigenvalue weighted by molar-refractivity contribution is 1.18. The Hall–Kier alpha value is -6.64. The van der Waals surface area contributed by atoms with Gasteiger partial charge < -0.3 is 9.13 Å². The molecule has 10 rings (SSSR count). The Morgan fingerprint density at radius 3 is 1.48 bits per heavy atom. The molecule has 0 spiro atoms. The van der Waals surface area contributed by atoms with Crippen LogP contribution in [0.3, 0.4) is 0 Å². The first-order valence-electron chi connectivity index (χ1n) is 24.3. The van der Waals surface area contributed by atoms with E-state index in [1.54, 1.807) is 41.0 Å². The number of para-hydroxylation sites is 2. The predicted molar refractivity (Wildman–Crippen MR) is 211 cm³/mol. The highest BCUT2D eigenvalue weighted by molar-refractivity contribution is 6.12. The molecule has 0 saturated carbocycles. The van der Waals surface area contributed by atoms with E-state index in [9.17, 15) is 1.37 Å². The van der Waals surface area contributed by atoms with Gasteiger partial charge in [-0.05, 0) is 93.9 Å². The molecule has 0 atom stereocenters. The lowest BCUT2D eigenvalue weighted by Crippen LogP contribution is -1.94. The Bertz CT molecular complexity index is 3790. The molecular weight excluding hydrogens is 605 g/mol. The molecule has 234 valence electrons. The first kappa shape index (κ1) is 16.2. The van der Waals surface area contributed by atoms with Crippen LogP contribution in [-0.2, 0) is 0 Å². The molecule has 2 aromatic heterocycles. The molecule has 2 heteroatoms. The highest BCUT2D eigenvalue weighted by Gasteiger charge is 2.16. The van der Waals surface area contributed by atoms with Gasteiger partial charge >= 0.3 is 0 Å². The molecule has 2 heterocycles. The highest BCUT2D eigenvalue weighted by Crippen LogP contribution is 2.39. The van der Waals surface area contributed by atoms with Gasteiger partial charge in [-0.2, -0.15) is 0 Å². The van der Waals surface area contributed by atoms with Gasteiger partial charge in [0.15, 0.2) is 0 Å². The molecule has 0 aliphatic heterocycles. The van der Waals surface area contributed by atoms with E-state index in [-0.39, 0.29) is 44.8 Å². The van der Waals surface area contributed by atoms with Crippen LogP contribution in [0.1, 0.15) is 23.3 Å². The maximum atomic E-state index is 9.46. The normalized spacial score (nSPS) is 16.4. The second kappa shape index (κ2) is 11.5. The number of nitrogens with zero attached hydrogens (tertiary/aromatic N) is 2. The fraction of sp³-hybridized carbons (Fsp3) is 0. The number of aromatic nitrogens is 2. The van der Waals surface area contributed by atoms with Gasteiger partial charge in [0.1, 0.15) is 0 Å². The Kier molecular flexibility index (Phi) is 3.72. The average Bonchev–Trinajstić information content (AvgIpc) is 3.86. The van der Waals surface area contributed by atoms with Crippen LogP contribution in [0, 0.1) is 0 Å². The smallest absolute Gasteiger partial charge is 0.0651 e. The zero-order valence-electron chi connectivity index (χ0n) is 43.1. The quantitative estimate of drug-likeness (QED) is 0.175. The van der Waals surface area contributed by atoms with Crippen molar-refractivity contribution in [3.63, 3.8) is 0 Å². The Morgan fingerprint density at radius 2 is 0.840 bits per heavy atom. The van der Waals surface area contributed by atoms with Crippen LogP contribution >= 0.6 is 0 Å². The SMILES string of the molecule is [2H]c1c([2H])c([2H])c(-c2c([2H])c([2H])c([2H])c(-n3c4ccc(-c5ccc6c(c5)c5c([2H])c([2H])c([2H])c([2H])c5n6-c5ccc(-c6ccccc6)cc5)cc4c4c([2H])c([2H])c([2H])c([2H])c43)c2[2H])c([2H])c1[2H]. The van der Waals surface area contributed by atoms with Crippen LogP contribution in [0.2, 0.25) is 0 Å². The van der Waals surface area contributed by atoms with E-state index in [0.717, 1.165) is 11.1 Å². The maximum absolute atomic E-state index is 9.46. The molecular formula is C48H32N2. The molecule has 0 N–H and O–H groups in total. The Morgan fingerprint density at radius 1 is 0.320 bits per heavy atom. The number of hydrogen-bond donors (Lipinski definition) is 0. The molecule has 2 nitrogen and oxygen atoms in total. The molecule has 8 aromatic carbocycles. The van der Waals surface area contributed by atoms with Crippen molar-refractivity contribution in [1.82, 2.24) is 9.13 Å². The number of rotatable bonds is 5. The van der Waals surface area contributed by atoms with Crippen LogP contribution in [0.5, 0.6) is 0 Å². The molecule has 0 aliphatic rings. The summed E-state index contributed by atoms with van der Waals surface area (Å²) in [6.45, 7) is 0. The summed E-state index contributed by atoms with van der Waals surface area (Å²) in [5, 5.41) is 1.03. The minimum atomic E-state index is -0.752. The zero-order chi connectivity index (χ0) is 47.8.